The van der Waals surface area contributed by atoms with E-state index in [0.717, 1.165) is 25.2 Å². The number of benzene rings is 1. The number of hydrogen-bond acceptors (Lipinski definition) is 4. The van der Waals surface area contributed by atoms with Crippen molar-refractivity contribution in [2.45, 2.75) is 25.9 Å². The van der Waals surface area contributed by atoms with Gasteiger partial charge in [0.05, 0.1) is 11.5 Å². The molecular formula is C13H17ClN2O3. The Morgan fingerprint density at radius 2 is 2.42 bits per heavy atom. The minimum Gasteiger partial charge on any atom is -0.381 e. The molecule has 1 aliphatic rings. The van der Waals surface area contributed by atoms with Gasteiger partial charge in [-0.25, -0.2) is 0 Å². The zero-order valence-corrected chi connectivity index (χ0v) is 11.5. The topological polar surface area (TPSA) is 64.4 Å². The van der Waals surface area contributed by atoms with Crippen molar-refractivity contribution in [3.05, 3.63) is 38.9 Å². The third-order valence-corrected chi connectivity index (χ3v) is 3.90. The SMILES string of the molecule is CC(NCc1cc([N+](=O)[O-])ccc1Cl)C1CCOC1. The van der Waals surface area contributed by atoms with E-state index in [4.69, 9.17) is 16.3 Å². The highest BCUT2D eigenvalue weighted by Crippen LogP contribution is 2.23. The fourth-order valence-electron chi connectivity index (χ4n) is 2.19. The number of nitrogens with one attached hydrogen (secondary N) is 1. The summed E-state index contributed by atoms with van der Waals surface area (Å²) < 4.78 is 5.35. The summed E-state index contributed by atoms with van der Waals surface area (Å²) >= 11 is 6.06. The lowest BCUT2D eigenvalue weighted by molar-refractivity contribution is -0.384. The standard InChI is InChI=1S/C13H17ClN2O3/c1-9(10-4-5-19-8-10)15-7-11-6-12(16(17)18)2-3-13(11)14/h2-3,6,9-10,15H,4-5,7-8H2,1H3. The summed E-state index contributed by atoms with van der Waals surface area (Å²) in [6.07, 6.45) is 1.05. The summed E-state index contributed by atoms with van der Waals surface area (Å²) in [5, 5.41) is 14.6. The predicted molar refractivity (Wildman–Crippen MR) is 73.3 cm³/mol. The maximum absolute atomic E-state index is 10.7. The second-order valence-electron chi connectivity index (χ2n) is 4.83. The van der Waals surface area contributed by atoms with E-state index in [1.54, 1.807) is 6.07 Å². The van der Waals surface area contributed by atoms with Gasteiger partial charge >= 0.3 is 0 Å². The molecule has 0 bridgehead atoms. The van der Waals surface area contributed by atoms with E-state index in [2.05, 4.69) is 12.2 Å². The van der Waals surface area contributed by atoms with Gasteiger partial charge in [0.25, 0.3) is 5.69 Å². The lowest BCUT2D eigenvalue weighted by Crippen LogP contribution is -2.33. The Morgan fingerprint density at radius 1 is 1.63 bits per heavy atom. The molecule has 1 heterocycles. The second kappa shape index (κ2) is 6.32. The number of rotatable bonds is 5. The van der Waals surface area contributed by atoms with Crippen LogP contribution in [0.3, 0.4) is 0 Å². The molecule has 2 unspecified atom stereocenters. The molecule has 1 fully saturated rings. The molecule has 1 aromatic rings. The van der Waals surface area contributed by atoms with E-state index in [0.29, 0.717) is 23.5 Å². The van der Waals surface area contributed by atoms with E-state index >= 15 is 0 Å². The van der Waals surface area contributed by atoms with Gasteiger partial charge in [0, 0.05) is 36.3 Å². The molecule has 104 valence electrons. The predicted octanol–water partition coefficient (Wildman–Crippen LogP) is 2.76. The van der Waals surface area contributed by atoms with Crippen molar-refractivity contribution in [1.82, 2.24) is 5.32 Å². The number of nitro benzene ring substituents is 1. The fraction of sp³-hybridized carbons (Fsp3) is 0.538. The molecule has 6 heteroatoms. The summed E-state index contributed by atoms with van der Waals surface area (Å²) in [5.74, 6) is 0.498. The number of halogens is 1. The van der Waals surface area contributed by atoms with Crippen LogP contribution in [0.1, 0.15) is 18.9 Å². The maximum atomic E-state index is 10.7. The fourth-order valence-corrected chi connectivity index (χ4v) is 2.38. The summed E-state index contributed by atoms with van der Waals surface area (Å²) in [4.78, 5) is 10.3. The summed E-state index contributed by atoms with van der Waals surface area (Å²) in [5.41, 5.74) is 0.819. The van der Waals surface area contributed by atoms with Crippen molar-refractivity contribution < 1.29 is 9.66 Å². The van der Waals surface area contributed by atoms with Gasteiger partial charge in [0.1, 0.15) is 0 Å². The first-order valence-electron chi connectivity index (χ1n) is 6.32. The normalized spacial score (nSPS) is 20.4. The Hall–Kier alpha value is -1.17. The maximum Gasteiger partial charge on any atom is 0.269 e. The van der Waals surface area contributed by atoms with Gasteiger partial charge in [-0.2, -0.15) is 0 Å². The number of ether oxygens (including phenoxy) is 1. The Kier molecular flexibility index (Phi) is 4.74. The van der Waals surface area contributed by atoms with Crippen molar-refractivity contribution in [3.8, 4) is 0 Å². The third-order valence-electron chi connectivity index (χ3n) is 3.53. The number of hydrogen-bond donors (Lipinski definition) is 1. The van der Waals surface area contributed by atoms with E-state index in [1.165, 1.54) is 12.1 Å². The lowest BCUT2D eigenvalue weighted by Gasteiger charge is -2.19. The molecule has 1 N–H and O–H groups in total. The van der Waals surface area contributed by atoms with Gasteiger partial charge < -0.3 is 10.1 Å². The highest BCUT2D eigenvalue weighted by Gasteiger charge is 2.22. The van der Waals surface area contributed by atoms with Crippen molar-refractivity contribution in [2.24, 2.45) is 5.92 Å². The van der Waals surface area contributed by atoms with Gasteiger partial charge in [-0.15, -0.1) is 0 Å². The average molecular weight is 285 g/mol. The van der Waals surface area contributed by atoms with Gasteiger partial charge in [0.15, 0.2) is 0 Å². The molecule has 2 rings (SSSR count). The highest BCUT2D eigenvalue weighted by molar-refractivity contribution is 6.31. The summed E-state index contributed by atoms with van der Waals surface area (Å²) in [6.45, 7) is 4.22. The van der Waals surface area contributed by atoms with Gasteiger partial charge in [0.2, 0.25) is 0 Å². The van der Waals surface area contributed by atoms with E-state index in [-0.39, 0.29) is 5.69 Å². The molecule has 1 saturated heterocycles. The Morgan fingerprint density at radius 3 is 3.05 bits per heavy atom. The van der Waals surface area contributed by atoms with Crippen LogP contribution in [-0.2, 0) is 11.3 Å². The third kappa shape index (κ3) is 3.65. The monoisotopic (exact) mass is 284 g/mol. The van der Waals surface area contributed by atoms with Crippen LogP contribution in [-0.4, -0.2) is 24.2 Å². The van der Waals surface area contributed by atoms with E-state index in [9.17, 15) is 10.1 Å². The number of nitro groups is 1. The molecule has 0 spiro atoms. The zero-order valence-electron chi connectivity index (χ0n) is 10.8. The summed E-state index contributed by atoms with van der Waals surface area (Å²) in [6, 6.07) is 4.81. The molecule has 1 aromatic carbocycles. The second-order valence-corrected chi connectivity index (χ2v) is 5.23. The quantitative estimate of drug-likeness (QED) is 0.667. The van der Waals surface area contributed by atoms with Crippen LogP contribution >= 0.6 is 11.6 Å². The summed E-state index contributed by atoms with van der Waals surface area (Å²) in [7, 11) is 0. The van der Waals surface area contributed by atoms with E-state index < -0.39 is 4.92 Å². The van der Waals surface area contributed by atoms with Crippen LogP contribution < -0.4 is 5.32 Å². The first kappa shape index (κ1) is 14.2. The van der Waals surface area contributed by atoms with Crippen LogP contribution in [0.5, 0.6) is 0 Å². The van der Waals surface area contributed by atoms with Gasteiger partial charge in [-0.3, -0.25) is 10.1 Å². The zero-order chi connectivity index (χ0) is 13.8. The number of nitrogens with zero attached hydrogens (tertiary/aromatic N) is 1. The molecule has 5 nitrogen and oxygen atoms in total. The largest absolute Gasteiger partial charge is 0.381 e. The first-order chi connectivity index (χ1) is 9.08. The Bertz CT molecular complexity index is 461. The number of non-ortho nitro benzene ring substituents is 1. The molecule has 2 atom stereocenters. The molecule has 19 heavy (non-hydrogen) atoms. The van der Waals surface area contributed by atoms with Crippen molar-refractivity contribution >= 4 is 17.3 Å². The highest BCUT2D eigenvalue weighted by atomic mass is 35.5. The van der Waals surface area contributed by atoms with Crippen LogP contribution in [0.15, 0.2) is 18.2 Å². The smallest absolute Gasteiger partial charge is 0.269 e. The van der Waals surface area contributed by atoms with Crippen molar-refractivity contribution in [1.29, 1.82) is 0 Å². The van der Waals surface area contributed by atoms with Crippen LogP contribution in [0.4, 0.5) is 5.69 Å². The van der Waals surface area contributed by atoms with Gasteiger partial charge in [-0.1, -0.05) is 11.6 Å². The van der Waals surface area contributed by atoms with Crippen LogP contribution in [0, 0.1) is 16.0 Å². The molecule has 0 aliphatic carbocycles. The minimum atomic E-state index is -0.409. The van der Waals surface area contributed by atoms with Gasteiger partial charge in [-0.05, 0) is 30.9 Å². The lowest BCUT2D eigenvalue weighted by atomic mass is 10.0. The average Bonchev–Trinajstić information content (AvgIpc) is 2.91. The Balaban J connectivity index is 1.98. The molecule has 1 aliphatic heterocycles. The molecule has 0 aromatic heterocycles. The van der Waals surface area contributed by atoms with Crippen molar-refractivity contribution in [2.75, 3.05) is 13.2 Å². The first-order valence-corrected chi connectivity index (χ1v) is 6.69. The van der Waals surface area contributed by atoms with Crippen LogP contribution in [0.25, 0.3) is 0 Å². The van der Waals surface area contributed by atoms with Crippen molar-refractivity contribution in [3.63, 3.8) is 0 Å². The molecule has 0 saturated carbocycles. The van der Waals surface area contributed by atoms with E-state index in [1.807, 2.05) is 0 Å². The molecule has 0 radical (unpaired) electrons. The molecule has 0 amide bonds. The van der Waals surface area contributed by atoms with Crippen LogP contribution in [0.2, 0.25) is 5.02 Å². The Labute approximate surface area is 117 Å². The molecular weight excluding hydrogens is 268 g/mol. The minimum absolute atomic E-state index is 0.0676.